The SMILES string of the molecule is CCOc1cc(C=Nn2c(C(C)(C)C)nc3ccc(Br)cc3c2=O)c(Br)cc1O[C@H](C)C(=O)O. The predicted octanol–water partition coefficient (Wildman–Crippen LogP) is 5.35. The summed E-state index contributed by atoms with van der Waals surface area (Å²) in [4.78, 5) is 29.3. The third-order valence-corrected chi connectivity index (χ3v) is 5.99. The number of rotatable bonds is 7. The van der Waals surface area contributed by atoms with Gasteiger partial charge >= 0.3 is 5.97 Å². The maximum Gasteiger partial charge on any atom is 0.344 e. The van der Waals surface area contributed by atoms with Crippen molar-refractivity contribution in [2.45, 2.75) is 46.1 Å². The summed E-state index contributed by atoms with van der Waals surface area (Å²) >= 11 is 6.88. The van der Waals surface area contributed by atoms with Crippen molar-refractivity contribution in [1.82, 2.24) is 9.66 Å². The van der Waals surface area contributed by atoms with Crippen molar-refractivity contribution in [2.75, 3.05) is 6.61 Å². The number of hydrogen-bond donors (Lipinski definition) is 1. The fraction of sp³-hybridized carbons (Fsp3) is 0.333. The third-order valence-electron chi connectivity index (χ3n) is 4.81. The molecule has 0 saturated carbocycles. The van der Waals surface area contributed by atoms with E-state index in [1.165, 1.54) is 17.8 Å². The number of carbonyl (C=O) groups is 1. The van der Waals surface area contributed by atoms with Crippen molar-refractivity contribution >= 4 is 54.9 Å². The van der Waals surface area contributed by atoms with Crippen LogP contribution in [0.1, 0.15) is 46.0 Å². The molecule has 1 heterocycles. The summed E-state index contributed by atoms with van der Waals surface area (Å²) in [5.41, 5.74) is 0.470. The molecule has 8 nitrogen and oxygen atoms in total. The highest BCUT2D eigenvalue weighted by Crippen LogP contribution is 2.34. The van der Waals surface area contributed by atoms with Gasteiger partial charge in [0.2, 0.25) is 0 Å². The molecule has 0 amide bonds. The molecule has 0 bridgehead atoms. The predicted molar refractivity (Wildman–Crippen MR) is 138 cm³/mol. The molecule has 180 valence electrons. The van der Waals surface area contributed by atoms with Crippen LogP contribution in [0.15, 0.2) is 49.2 Å². The van der Waals surface area contributed by atoms with Crippen LogP contribution >= 0.6 is 31.9 Å². The van der Waals surface area contributed by atoms with Gasteiger partial charge in [0.1, 0.15) is 5.82 Å². The summed E-state index contributed by atoms with van der Waals surface area (Å²) in [6.45, 7) is 9.49. The van der Waals surface area contributed by atoms with E-state index in [4.69, 9.17) is 19.6 Å². The number of carboxylic acids is 1. The van der Waals surface area contributed by atoms with E-state index in [2.05, 4.69) is 37.0 Å². The number of halogens is 2. The molecule has 0 aliphatic heterocycles. The zero-order valence-corrected chi connectivity index (χ0v) is 22.6. The molecule has 3 rings (SSSR count). The Morgan fingerprint density at radius 1 is 1.24 bits per heavy atom. The lowest BCUT2D eigenvalue weighted by molar-refractivity contribution is -0.144. The van der Waals surface area contributed by atoms with Crippen LogP contribution in [0.3, 0.4) is 0 Å². The fourth-order valence-corrected chi connectivity index (χ4v) is 3.90. The smallest absolute Gasteiger partial charge is 0.344 e. The fourth-order valence-electron chi connectivity index (χ4n) is 3.11. The number of hydrogen-bond acceptors (Lipinski definition) is 6. The van der Waals surface area contributed by atoms with E-state index in [-0.39, 0.29) is 11.3 Å². The Balaban J connectivity index is 2.14. The normalized spacial score (nSPS) is 12.8. The molecule has 1 aromatic heterocycles. The first-order chi connectivity index (χ1) is 15.9. The lowest BCUT2D eigenvalue weighted by Crippen LogP contribution is -2.29. The molecular weight excluding hydrogens is 570 g/mol. The highest BCUT2D eigenvalue weighted by Gasteiger charge is 2.23. The van der Waals surface area contributed by atoms with Crippen LogP contribution in [-0.2, 0) is 10.2 Å². The van der Waals surface area contributed by atoms with Crippen molar-refractivity contribution in [3.63, 3.8) is 0 Å². The minimum absolute atomic E-state index is 0.283. The molecule has 34 heavy (non-hydrogen) atoms. The van der Waals surface area contributed by atoms with Gasteiger partial charge < -0.3 is 14.6 Å². The van der Waals surface area contributed by atoms with Crippen LogP contribution in [0.5, 0.6) is 11.5 Å². The van der Waals surface area contributed by atoms with Gasteiger partial charge in [0.15, 0.2) is 17.6 Å². The van der Waals surface area contributed by atoms with E-state index in [9.17, 15) is 9.59 Å². The van der Waals surface area contributed by atoms with Gasteiger partial charge in [-0.15, -0.1) is 0 Å². The number of aromatic nitrogens is 2. The van der Waals surface area contributed by atoms with Crippen molar-refractivity contribution in [3.05, 3.63) is 61.0 Å². The minimum atomic E-state index is -1.09. The summed E-state index contributed by atoms with van der Waals surface area (Å²) in [5.74, 6) is 0.0726. The zero-order valence-electron chi connectivity index (χ0n) is 19.4. The van der Waals surface area contributed by atoms with Crippen molar-refractivity contribution in [2.24, 2.45) is 5.10 Å². The second-order valence-corrected chi connectivity index (χ2v) is 10.3. The maximum atomic E-state index is 13.3. The first-order valence-electron chi connectivity index (χ1n) is 10.5. The van der Waals surface area contributed by atoms with Crippen LogP contribution in [0.4, 0.5) is 0 Å². The van der Waals surface area contributed by atoms with E-state index in [0.717, 1.165) is 4.47 Å². The molecule has 10 heteroatoms. The molecule has 3 aromatic rings. The van der Waals surface area contributed by atoms with E-state index in [1.54, 1.807) is 24.3 Å². The number of carboxylic acid groups (broad SMARTS) is 1. The lowest BCUT2D eigenvalue weighted by atomic mass is 9.95. The van der Waals surface area contributed by atoms with Crippen LogP contribution in [0.25, 0.3) is 10.9 Å². The Morgan fingerprint density at radius 2 is 1.94 bits per heavy atom. The van der Waals surface area contributed by atoms with Gasteiger partial charge in [-0.25, -0.2) is 9.78 Å². The van der Waals surface area contributed by atoms with Gasteiger partial charge in [0.25, 0.3) is 5.56 Å². The lowest BCUT2D eigenvalue weighted by Gasteiger charge is -2.21. The summed E-state index contributed by atoms with van der Waals surface area (Å²) < 4.78 is 13.9. The monoisotopic (exact) mass is 593 g/mol. The highest BCUT2D eigenvalue weighted by molar-refractivity contribution is 9.10. The van der Waals surface area contributed by atoms with Gasteiger partial charge in [-0.3, -0.25) is 4.79 Å². The summed E-state index contributed by atoms with van der Waals surface area (Å²) in [6, 6.07) is 8.66. The number of fused-ring (bicyclic) bond motifs is 1. The standard InChI is InChI=1S/C24H25Br2N3O5/c1-6-33-19-9-14(17(26)11-20(19)34-13(2)22(31)32)12-27-29-21(30)16-10-15(25)7-8-18(16)28-23(29)24(3,4)5/h7-13H,6H2,1-5H3,(H,31,32)/t13-/m1/s1. The molecule has 1 atom stereocenters. The topological polar surface area (TPSA) is 103 Å². The molecule has 0 unspecified atom stereocenters. The van der Waals surface area contributed by atoms with Crippen molar-refractivity contribution in [3.8, 4) is 11.5 Å². The number of benzene rings is 2. The van der Waals surface area contributed by atoms with E-state index >= 15 is 0 Å². The number of aliphatic carboxylic acids is 1. The Labute approximate surface area is 213 Å². The molecule has 0 aliphatic rings. The van der Waals surface area contributed by atoms with Crippen LogP contribution < -0.4 is 15.0 Å². The van der Waals surface area contributed by atoms with Gasteiger partial charge in [-0.2, -0.15) is 9.78 Å². The quantitative estimate of drug-likeness (QED) is 0.370. The number of ether oxygens (including phenoxy) is 2. The zero-order chi connectivity index (χ0) is 25.2. The average molecular weight is 595 g/mol. The molecule has 1 N–H and O–H groups in total. The third kappa shape index (κ3) is 5.67. The Hall–Kier alpha value is -2.72. The van der Waals surface area contributed by atoms with Crippen LogP contribution in [-0.4, -0.2) is 39.7 Å². The van der Waals surface area contributed by atoms with Gasteiger partial charge in [0, 0.05) is 19.9 Å². The van der Waals surface area contributed by atoms with Crippen molar-refractivity contribution < 1.29 is 19.4 Å². The van der Waals surface area contributed by atoms with E-state index < -0.39 is 17.5 Å². The van der Waals surface area contributed by atoms with Gasteiger partial charge in [0.05, 0.1) is 23.7 Å². The first-order valence-corrected chi connectivity index (χ1v) is 12.1. The second-order valence-electron chi connectivity index (χ2n) is 8.56. The van der Waals surface area contributed by atoms with E-state index in [0.29, 0.717) is 39.1 Å². The Kier molecular flexibility index (Phi) is 7.82. The highest BCUT2D eigenvalue weighted by atomic mass is 79.9. The maximum absolute atomic E-state index is 13.3. The largest absolute Gasteiger partial charge is 0.490 e. The second kappa shape index (κ2) is 10.3. The van der Waals surface area contributed by atoms with Gasteiger partial charge in [-0.1, -0.05) is 36.7 Å². The molecule has 0 aliphatic carbocycles. The van der Waals surface area contributed by atoms with Gasteiger partial charge in [-0.05, 0) is 60.1 Å². The van der Waals surface area contributed by atoms with Crippen LogP contribution in [0.2, 0.25) is 0 Å². The molecule has 0 spiro atoms. The summed E-state index contributed by atoms with van der Waals surface area (Å²) in [6.07, 6.45) is 0.473. The first kappa shape index (κ1) is 25.9. The average Bonchev–Trinajstić information content (AvgIpc) is 2.75. The Bertz CT molecular complexity index is 1330. The van der Waals surface area contributed by atoms with Crippen LogP contribution in [0, 0.1) is 0 Å². The summed E-state index contributed by atoms with van der Waals surface area (Å²) in [5, 5.41) is 14.1. The summed E-state index contributed by atoms with van der Waals surface area (Å²) in [7, 11) is 0. The molecule has 0 radical (unpaired) electrons. The van der Waals surface area contributed by atoms with Crippen molar-refractivity contribution in [1.29, 1.82) is 0 Å². The molecule has 0 fully saturated rings. The molecule has 2 aromatic carbocycles. The minimum Gasteiger partial charge on any atom is -0.490 e. The molecule has 0 saturated heterocycles. The number of nitrogens with zero attached hydrogens (tertiary/aromatic N) is 3. The molecular formula is C24H25Br2N3O5. The Morgan fingerprint density at radius 3 is 2.56 bits per heavy atom. The van der Waals surface area contributed by atoms with E-state index in [1.807, 2.05) is 33.8 Å².